The van der Waals surface area contributed by atoms with E-state index in [2.05, 4.69) is 15.9 Å². The van der Waals surface area contributed by atoms with Crippen LogP contribution < -0.4 is 5.73 Å². The topological polar surface area (TPSA) is 55.6 Å². The van der Waals surface area contributed by atoms with Crippen molar-refractivity contribution in [2.75, 3.05) is 18.8 Å². The van der Waals surface area contributed by atoms with Crippen LogP contribution in [0, 0.1) is 0 Å². The second-order valence-corrected chi connectivity index (χ2v) is 7.47. The molecule has 1 amide bonds. The Bertz CT molecular complexity index is 504. The van der Waals surface area contributed by atoms with Gasteiger partial charge < -0.3 is 15.4 Å². The summed E-state index contributed by atoms with van der Waals surface area (Å²) >= 11 is 3.37. The molecule has 1 heterocycles. The monoisotopic (exact) mass is 340 g/mol. The van der Waals surface area contributed by atoms with Gasteiger partial charge in [0.15, 0.2) is 0 Å². The number of nitrogens with zero attached hydrogens (tertiary/aromatic N) is 1. The first-order valence-corrected chi connectivity index (χ1v) is 7.43. The molecule has 1 saturated heterocycles. The van der Waals surface area contributed by atoms with E-state index in [1.807, 2.05) is 32.6 Å². The van der Waals surface area contributed by atoms with Gasteiger partial charge in [-0.3, -0.25) is 4.79 Å². The number of amides is 1. The number of ether oxygens (including phenoxy) is 1. The van der Waals surface area contributed by atoms with E-state index in [1.165, 1.54) is 0 Å². The summed E-state index contributed by atoms with van der Waals surface area (Å²) in [6.45, 7) is 9.16. The molecule has 0 bridgehead atoms. The van der Waals surface area contributed by atoms with Crippen LogP contribution in [0.25, 0.3) is 0 Å². The van der Waals surface area contributed by atoms with Crippen molar-refractivity contribution in [3.05, 3.63) is 28.2 Å². The van der Waals surface area contributed by atoms with Crippen LogP contribution in [0.1, 0.15) is 38.1 Å². The third kappa shape index (κ3) is 3.52. The van der Waals surface area contributed by atoms with Gasteiger partial charge in [0, 0.05) is 28.8 Å². The Labute approximate surface area is 128 Å². The zero-order valence-electron chi connectivity index (χ0n) is 12.4. The Morgan fingerprint density at radius 3 is 2.25 bits per heavy atom. The first-order chi connectivity index (χ1) is 9.08. The third-order valence-electron chi connectivity index (χ3n) is 3.15. The van der Waals surface area contributed by atoms with Gasteiger partial charge in [0.05, 0.1) is 11.2 Å². The van der Waals surface area contributed by atoms with Crippen molar-refractivity contribution in [2.24, 2.45) is 0 Å². The number of carbonyl (C=O) groups excluding carboxylic acids is 1. The minimum atomic E-state index is -0.352. The molecule has 1 aromatic rings. The average molecular weight is 341 g/mol. The minimum absolute atomic E-state index is 0.0116. The molecule has 1 aliphatic rings. The number of hydrogen-bond donors (Lipinski definition) is 1. The fourth-order valence-electron chi connectivity index (χ4n) is 2.85. The molecule has 110 valence electrons. The van der Waals surface area contributed by atoms with Gasteiger partial charge in [-0.15, -0.1) is 0 Å². The van der Waals surface area contributed by atoms with E-state index in [0.29, 0.717) is 24.3 Å². The average Bonchev–Trinajstić information content (AvgIpc) is 2.22. The summed E-state index contributed by atoms with van der Waals surface area (Å²) in [7, 11) is 0. The second kappa shape index (κ2) is 5.04. The van der Waals surface area contributed by atoms with Crippen molar-refractivity contribution in [2.45, 2.75) is 38.9 Å². The zero-order chi connectivity index (χ0) is 15.1. The summed E-state index contributed by atoms with van der Waals surface area (Å²) in [6, 6.07) is 5.29. The van der Waals surface area contributed by atoms with Crippen molar-refractivity contribution in [1.29, 1.82) is 0 Å². The number of anilines is 1. The standard InChI is InChI=1S/C15H21BrN2O2/c1-14(2)8-18(9-15(3,4)20-14)13(19)10-5-11(16)7-12(17)6-10/h5-7H,8-9,17H2,1-4H3. The van der Waals surface area contributed by atoms with Crippen LogP contribution in [0.3, 0.4) is 0 Å². The number of morpholine rings is 1. The van der Waals surface area contributed by atoms with Gasteiger partial charge in [0.1, 0.15) is 0 Å². The lowest BCUT2D eigenvalue weighted by molar-refractivity contribution is -0.171. The molecule has 0 atom stereocenters. The maximum absolute atomic E-state index is 12.7. The van der Waals surface area contributed by atoms with E-state index in [9.17, 15) is 4.79 Å². The van der Waals surface area contributed by atoms with Crippen molar-refractivity contribution in [3.8, 4) is 0 Å². The Hall–Kier alpha value is -1.07. The number of carbonyl (C=O) groups is 1. The maximum atomic E-state index is 12.7. The van der Waals surface area contributed by atoms with Crippen LogP contribution in [0.2, 0.25) is 0 Å². The first-order valence-electron chi connectivity index (χ1n) is 6.64. The smallest absolute Gasteiger partial charge is 0.254 e. The predicted octanol–water partition coefficient (Wildman–Crippen LogP) is 3.06. The summed E-state index contributed by atoms with van der Waals surface area (Å²) in [6.07, 6.45) is 0. The molecule has 0 unspecified atom stereocenters. The number of nitrogens with two attached hydrogens (primary N) is 1. The van der Waals surface area contributed by atoms with E-state index in [1.54, 1.807) is 18.2 Å². The van der Waals surface area contributed by atoms with Gasteiger partial charge in [0.2, 0.25) is 0 Å². The Morgan fingerprint density at radius 1 is 1.20 bits per heavy atom. The van der Waals surface area contributed by atoms with Crippen molar-refractivity contribution < 1.29 is 9.53 Å². The summed E-state index contributed by atoms with van der Waals surface area (Å²) in [5.41, 5.74) is 6.28. The van der Waals surface area contributed by atoms with E-state index < -0.39 is 0 Å². The highest BCUT2D eigenvalue weighted by Gasteiger charge is 2.40. The molecule has 0 radical (unpaired) electrons. The van der Waals surface area contributed by atoms with Gasteiger partial charge >= 0.3 is 0 Å². The second-order valence-electron chi connectivity index (χ2n) is 6.56. The molecular formula is C15H21BrN2O2. The molecule has 2 rings (SSSR count). The quantitative estimate of drug-likeness (QED) is 0.799. The lowest BCUT2D eigenvalue weighted by atomic mass is 9.98. The predicted molar refractivity (Wildman–Crippen MR) is 83.7 cm³/mol. The lowest BCUT2D eigenvalue weighted by Gasteiger charge is -2.47. The number of rotatable bonds is 1. The molecule has 0 aliphatic carbocycles. The third-order valence-corrected chi connectivity index (χ3v) is 3.61. The number of benzene rings is 1. The fourth-order valence-corrected chi connectivity index (χ4v) is 3.36. The highest BCUT2D eigenvalue weighted by molar-refractivity contribution is 9.10. The van der Waals surface area contributed by atoms with Crippen molar-refractivity contribution in [3.63, 3.8) is 0 Å². The molecule has 20 heavy (non-hydrogen) atoms. The number of hydrogen-bond acceptors (Lipinski definition) is 3. The number of halogens is 1. The van der Waals surface area contributed by atoms with Gasteiger partial charge in [-0.25, -0.2) is 0 Å². The SMILES string of the molecule is CC1(C)CN(C(=O)c2cc(N)cc(Br)c2)CC(C)(C)O1. The molecule has 1 aliphatic heterocycles. The van der Waals surface area contributed by atoms with Crippen molar-refractivity contribution in [1.82, 2.24) is 4.90 Å². The highest BCUT2D eigenvalue weighted by Crippen LogP contribution is 2.29. The van der Waals surface area contributed by atoms with Gasteiger partial charge in [0.25, 0.3) is 5.91 Å². The first kappa shape index (κ1) is 15.3. The van der Waals surface area contributed by atoms with E-state index in [-0.39, 0.29) is 17.1 Å². The van der Waals surface area contributed by atoms with Crippen LogP contribution in [0.4, 0.5) is 5.69 Å². The van der Waals surface area contributed by atoms with E-state index >= 15 is 0 Å². The summed E-state index contributed by atoms with van der Waals surface area (Å²) in [5.74, 6) is -0.0116. The van der Waals surface area contributed by atoms with Gasteiger partial charge in [-0.05, 0) is 45.9 Å². The molecule has 0 spiro atoms. The zero-order valence-corrected chi connectivity index (χ0v) is 14.0. The fraction of sp³-hybridized carbons (Fsp3) is 0.533. The van der Waals surface area contributed by atoms with Gasteiger partial charge in [-0.2, -0.15) is 0 Å². The molecule has 0 saturated carbocycles. The number of nitrogen functional groups attached to an aromatic ring is 1. The maximum Gasteiger partial charge on any atom is 0.254 e. The largest absolute Gasteiger partial charge is 0.399 e. The molecule has 1 aromatic carbocycles. The van der Waals surface area contributed by atoms with Crippen LogP contribution >= 0.6 is 15.9 Å². The lowest BCUT2D eigenvalue weighted by Crippen LogP contribution is -2.58. The molecule has 4 nitrogen and oxygen atoms in total. The normalized spacial score (nSPS) is 20.8. The van der Waals surface area contributed by atoms with Crippen LogP contribution in [-0.2, 0) is 4.74 Å². The molecule has 2 N–H and O–H groups in total. The molecule has 0 aromatic heterocycles. The Kier molecular flexibility index (Phi) is 3.86. The summed E-state index contributed by atoms with van der Waals surface area (Å²) in [5, 5.41) is 0. The Balaban J connectivity index is 2.28. The molecule has 5 heteroatoms. The Morgan fingerprint density at radius 2 is 1.75 bits per heavy atom. The molecular weight excluding hydrogens is 320 g/mol. The van der Waals surface area contributed by atoms with Crippen LogP contribution in [-0.4, -0.2) is 35.1 Å². The summed E-state index contributed by atoms with van der Waals surface area (Å²) < 4.78 is 6.81. The minimum Gasteiger partial charge on any atom is -0.399 e. The van der Waals surface area contributed by atoms with Crippen LogP contribution in [0.15, 0.2) is 22.7 Å². The molecule has 1 fully saturated rings. The highest BCUT2D eigenvalue weighted by atomic mass is 79.9. The van der Waals surface area contributed by atoms with Gasteiger partial charge in [-0.1, -0.05) is 15.9 Å². The van der Waals surface area contributed by atoms with E-state index in [4.69, 9.17) is 10.5 Å². The summed E-state index contributed by atoms with van der Waals surface area (Å²) in [4.78, 5) is 14.5. The van der Waals surface area contributed by atoms with Crippen LogP contribution in [0.5, 0.6) is 0 Å². The van der Waals surface area contributed by atoms with Crippen molar-refractivity contribution >= 4 is 27.5 Å². The van der Waals surface area contributed by atoms with E-state index in [0.717, 1.165) is 4.47 Å².